The molecule has 0 fully saturated rings. The lowest BCUT2D eigenvalue weighted by Gasteiger charge is -2.18. The molecule has 4 aromatic rings. The van der Waals surface area contributed by atoms with Crippen LogP contribution < -0.4 is 10.5 Å². The molecule has 3 aromatic heterocycles. The molecule has 0 spiro atoms. The average molecular weight is 452 g/mol. The fraction of sp³-hybridized carbons (Fsp3) is 0.304. The Morgan fingerprint density at radius 3 is 2.66 bits per heavy atom. The van der Waals surface area contributed by atoms with Crippen molar-refractivity contribution in [3.63, 3.8) is 0 Å². The van der Waals surface area contributed by atoms with Gasteiger partial charge in [-0.1, -0.05) is 31.5 Å². The van der Waals surface area contributed by atoms with Crippen LogP contribution in [-0.4, -0.2) is 55.9 Å². The number of halogens is 1. The Hall–Kier alpha value is -3.23. The zero-order valence-corrected chi connectivity index (χ0v) is 19.2. The van der Waals surface area contributed by atoms with E-state index in [1.165, 1.54) is 0 Å². The molecule has 166 valence electrons. The molecule has 0 aliphatic heterocycles. The van der Waals surface area contributed by atoms with Crippen molar-refractivity contribution in [3.8, 4) is 28.5 Å². The van der Waals surface area contributed by atoms with Crippen molar-refractivity contribution >= 4 is 28.3 Å². The van der Waals surface area contributed by atoms with Crippen molar-refractivity contribution in [2.45, 2.75) is 13.8 Å². The highest BCUT2D eigenvalue weighted by Crippen LogP contribution is 2.35. The number of pyridine rings is 1. The number of aryl methyl sites for hydroxylation is 1. The van der Waals surface area contributed by atoms with Gasteiger partial charge < -0.3 is 15.4 Å². The first-order chi connectivity index (χ1) is 15.5. The van der Waals surface area contributed by atoms with E-state index in [1.807, 2.05) is 43.6 Å². The summed E-state index contributed by atoms with van der Waals surface area (Å²) in [7, 11) is 1.85. The molecule has 0 saturated heterocycles. The second-order valence-corrected chi connectivity index (χ2v) is 7.80. The lowest BCUT2D eigenvalue weighted by molar-refractivity contribution is 0.218. The zero-order chi connectivity index (χ0) is 22.7. The summed E-state index contributed by atoms with van der Waals surface area (Å²) in [5, 5.41) is 5.94. The van der Waals surface area contributed by atoms with E-state index in [0.717, 1.165) is 36.1 Å². The smallest absolute Gasteiger partial charge is 0.257 e. The molecular weight excluding hydrogens is 426 g/mol. The number of hydrogen-bond donors (Lipinski definition) is 1. The highest BCUT2D eigenvalue weighted by atomic mass is 35.5. The van der Waals surface area contributed by atoms with Crippen LogP contribution in [0.4, 0.5) is 5.82 Å². The van der Waals surface area contributed by atoms with E-state index in [2.05, 4.69) is 33.8 Å². The summed E-state index contributed by atoms with van der Waals surface area (Å²) in [4.78, 5) is 16.0. The average Bonchev–Trinajstić information content (AvgIpc) is 3.23. The molecule has 0 aliphatic rings. The number of aromatic nitrogens is 5. The summed E-state index contributed by atoms with van der Waals surface area (Å²) >= 11 is 6.54. The predicted molar refractivity (Wildman–Crippen MR) is 128 cm³/mol. The quantitative estimate of drug-likeness (QED) is 0.431. The summed E-state index contributed by atoms with van der Waals surface area (Å²) < 4.78 is 7.65. The van der Waals surface area contributed by atoms with E-state index in [1.54, 1.807) is 10.9 Å². The van der Waals surface area contributed by atoms with Gasteiger partial charge in [-0.2, -0.15) is 5.10 Å². The van der Waals surface area contributed by atoms with Crippen molar-refractivity contribution in [2.24, 2.45) is 7.05 Å². The second-order valence-electron chi connectivity index (χ2n) is 7.39. The molecule has 3 heterocycles. The Labute approximate surface area is 192 Å². The van der Waals surface area contributed by atoms with Crippen LogP contribution in [0, 0.1) is 0 Å². The maximum Gasteiger partial charge on any atom is 0.257 e. The van der Waals surface area contributed by atoms with Gasteiger partial charge in [0.05, 0.1) is 10.5 Å². The maximum absolute atomic E-state index is 6.54. The number of fused-ring (bicyclic) bond motifs is 1. The Bertz CT molecular complexity index is 1240. The van der Waals surface area contributed by atoms with Crippen molar-refractivity contribution in [1.29, 1.82) is 0 Å². The SMILES string of the molecule is CCN(CC)CCOc1nc(-c2cc(Cl)c3ncccc3c2)c(-c2ccn(C)n2)nc1N. The monoisotopic (exact) mass is 451 g/mol. The summed E-state index contributed by atoms with van der Waals surface area (Å²) in [6.07, 6.45) is 3.57. The standard InChI is InChI=1S/C23H26ClN7O/c1-4-31(5-2)11-12-32-23-22(25)27-21(18-8-10-30(3)29-18)20(28-23)16-13-15-7-6-9-26-19(15)17(24)14-16/h6-10,13-14H,4-5,11-12H2,1-3H3,(H2,25,27). The minimum Gasteiger partial charge on any atom is -0.474 e. The number of hydrogen-bond acceptors (Lipinski definition) is 7. The van der Waals surface area contributed by atoms with E-state index >= 15 is 0 Å². The summed E-state index contributed by atoms with van der Waals surface area (Å²) in [5.74, 6) is 0.525. The van der Waals surface area contributed by atoms with Gasteiger partial charge in [0.2, 0.25) is 0 Å². The van der Waals surface area contributed by atoms with Crippen LogP contribution in [0.1, 0.15) is 13.8 Å². The predicted octanol–water partition coefficient (Wildman–Crippen LogP) is 4.05. The number of likely N-dealkylation sites (N-methyl/N-ethyl adjacent to an activating group) is 1. The molecule has 0 atom stereocenters. The third-order valence-corrected chi connectivity index (χ3v) is 5.61. The van der Waals surface area contributed by atoms with Crippen LogP contribution in [0.25, 0.3) is 33.5 Å². The van der Waals surface area contributed by atoms with E-state index in [0.29, 0.717) is 34.6 Å². The van der Waals surface area contributed by atoms with Gasteiger partial charge in [0.25, 0.3) is 5.88 Å². The summed E-state index contributed by atoms with van der Waals surface area (Å²) in [6, 6.07) is 9.53. The van der Waals surface area contributed by atoms with Gasteiger partial charge in [0.1, 0.15) is 23.7 Å². The molecule has 32 heavy (non-hydrogen) atoms. The van der Waals surface area contributed by atoms with Crippen LogP contribution in [0.15, 0.2) is 42.7 Å². The van der Waals surface area contributed by atoms with Crippen molar-refractivity contribution in [3.05, 3.63) is 47.7 Å². The van der Waals surface area contributed by atoms with E-state index < -0.39 is 0 Å². The minimum absolute atomic E-state index is 0.225. The Kier molecular flexibility index (Phi) is 6.53. The van der Waals surface area contributed by atoms with Crippen LogP contribution in [0.3, 0.4) is 0 Å². The normalized spacial score (nSPS) is 11.4. The highest BCUT2D eigenvalue weighted by Gasteiger charge is 2.19. The largest absolute Gasteiger partial charge is 0.474 e. The molecule has 1 aromatic carbocycles. The first-order valence-corrected chi connectivity index (χ1v) is 10.9. The fourth-order valence-electron chi connectivity index (χ4n) is 3.56. The van der Waals surface area contributed by atoms with Gasteiger partial charge in [0, 0.05) is 36.9 Å². The molecule has 0 amide bonds. The number of nitrogen functional groups attached to an aromatic ring is 1. The molecule has 2 N–H and O–H groups in total. The van der Waals surface area contributed by atoms with Gasteiger partial charge in [-0.25, -0.2) is 9.97 Å². The lowest BCUT2D eigenvalue weighted by Crippen LogP contribution is -2.28. The Morgan fingerprint density at radius 1 is 1.12 bits per heavy atom. The second kappa shape index (κ2) is 9.50. The van der Waals surface area contributed by atoms with Crippen LogP contribution in [0.2, 0.25) is 5.02 Å². The summed E-state index contributed by atoms with van der Waals surface area (Å²) in [5.41, 5.74) is 9.59. The van der Waals surface area contributed by atoms with Crippen molar-refractivity contribution in [1.82, 2.24) is 29.6 Å². The number of ether oxygens (including phenoxy) is 1. The maximum atomic E-state index is 6.54. The molecule has 9 heteroatoms. The first kappa shape index (κ1) is 22.0. The highest BCUT2D eigenvalue weighted by molar-refractivity contribution is 6.35. The molecule has 0 bridgehead atoms. The zero-order valence-electron chi connectivity index (χ0n) is 18.4. The molecule has 0 unspecified atom stereocenters. The first-order valence-electron chi connectivity index (χ1n) is 10.6. The fourth-order valence-corrected chi connectivity index (χ4v) is 3.83. The van der Waals surface area contributed by atoms with Gasteiger partial charge >= 0.3 is 0 Å². The van der Waals surface area contributed by atoms with Crippen LogP contribution in [-0.2, 0) is 7.05 Å². The number of rotatable bonds is 8. The third-order valence-electron chi connectivity index (χ3n) is 5.32. The van der Waals surface area contributed by atoms with E-state index in [9.17, 15) is 0 Å². The van der Waals surface area contributed by atoms with E-state index in [-0.39, 0.29) is 5.82 Å². The number of nitrogens with zero attached hydrogens (tertiary/aromatic N) is 6. The summed E-state index contributed by atoms with van der Waals surface area (Å²) in [6.45, 7) is 7.39. The molecular formula is C23H26ClN7O. The van der Waals surface area contributed by atoms with Crippen LogP contribution >= 0.6 is 11.6 Å². The molecule has 0 saturated carbocycles. The number of anilines is 1. The number of nitrogens with two attached hydrogens (primary N) is 1. The van der Waals surface area contributed by atoms with Gasteiger partial charge in [-0.15, -0.1) is 0 Å². The third kappa shape index (κ3) is 4.51. The Morgan fingerprint density at radius 2 is 1.94 bits per heavy atom. The van der Waals surface area contributed by atoms with Crippen molar-refractivity contribution < 1.29 is 4.74 Å². The molecule has 0 radical (unpaired) electrons. The van der Waals surface area contributed by atoms with Gasteiger partial charge in [-0.05, 0) is 37.4 Å². The molecule has 8 nitrogen and oxygen atoms in total. The molecule has 4 rings (SSSR count). The van der Waals surface area contributed by atoms with Crippen LogP contribution in [0.5, 0.6) is 5.88 Å². The lowest BCUT2D eigenvalue weighted by atomic mass is 10.0. The topological polar surface area (TPSA) is 95.0 Å². The van der Waals surface area contributed by atoms with Gasteiger partial charge in [0.15, 0.2) is 5.82 Å². The minimum atomic E-state index is 0.225. The molecule has 0 aliphatic carbocycles. The van der Waals surface area contributed by atoms with E-state index in [4.69, 9.17) is 27.1 Å². The number of benzene rings is 1. The van der Waals surface area contributed by atoms with Gasteiger partial charge in [-0.3, -0.25) is 9.67 Å². The Balaban J connectivity index is 1.79. The van der Waals surface area contributed by atoms with Crippen molar-refractivity contribution in [2.75, 3.05) is 32.0 Å².